The quantitative estimate of drug-likeness (QED) is 0.0371. The molecule has 0 saturated carbocycles. The van der Waals surface area contributed by atoms with Crippen molar-refractivity contribution in [3.8, 4) is 0 Å². The van der Waals surface area contributed by atoms with Gasteiger partial charge < -0.3 is 57.0 Å². The molecule has 6 unspecified atom stereocenters. The summed E-state index contributed by atoms with van der Waals surface area (Å²) in [4.78, 5) is 41.7. The molecule has 0 radical (unpaired) electrons. The van der Waals surface area contributed by atoms with E-state index in [9.17, 15) is 14.4 Å². The lowest BCUT2D eigenvalue weighted by Crippen LogP contribution is -2.63. The van der Waals surface area contributed by atoms with Crippen LogP contribution in [0.4, 0.5) is 4.79 Å². The van der Waals surface area contributed by atoms with Crippen molar-refractivity contribution in [2.45, 2.75) is 156 Å². The molecule has 15 nitrogen and oxygen atoms in total. The first-order valence-corrected chi connectivity index (χ1v) is 26.7. The first kappa shape index (κ1) is 57.5. The highest BCUT2D eigenvalue weighted by atomic mass is 16.8. The Kier molecular flexibility index (Phi) is 22.1. The van der Waals surface area contributed by atoms with E-state index in [-0.39, 0.29) is 61.8 Å². The molecule has 15 heteroatoms. The van der Waals surface area contributed by atoms with E-state index in [1.54, 1.807) is 4.90 Å². The predicted molar refractivity (Wildman–Crippen MR) is 279 cm³/mol. The average molecular weight is 1040 g/mol. The molecular formula is C60H79NO14. The van der Waals surface area contributed by atoms with Gasteiger partial charge in [-0.15, -0.1) is 0 Å². The topological polar surface area (TPSA) is 156 Å². The van der Waals surface area contributed by atoms with Crippen LogP contribution in [-0.4, -0.2) is 111 Å². The van der Waals surface area contributed by atoms with E-state index in [1.807, 2.05) is 149 Å². The van der Waals surface area contributed by atoms with E-state index in [0.29, 0.717) is 39.1 Å². The Hall–Kier alpha value is -5.23. The molecular weight excluding hydrogens is 959 g/mol. The van der Waals surface area contributed by atoms with Crippen LogP contribution in [0.1, 0.15) is 90.0 Å². The van der Waals surface area contributed by atoms with Crippen LogP contribution in [0.3, 0.4) is 0 Å². The van der Waals surface area contributed by atoms with Crippen molar-refractivity contribution in [2.75, 3.05) is 26.9 Å². The maximum Gasteiger partial charge on any atom is 0.410 e. The van der Waals surface area contributed by atoms with Crippen LogP contribution < -0.4 is 0 Å². The number of carbonyl (C=O) groups is 3. The molecule has 0 aromatic heterocycles. The molecule has 3 fully saturated rings. The van der Waals surface area contributed by atoms with Crippen LogP contribution in [0.15, 0.2) is 121 Å². The fraction of sp³-hybridized carbons (Fsp3) is 0.550. The molecule has 75 heavy (non-hydrogen) atoms. The Morgan fingerprint density at radius 1 is 0.533 bits per heavy atom. The van der Waals surface area contributed by atoms with Crippen LogP contribution in [0, 0.1) is 29.6 Å². The largest absolute Gasteiger partial charge is 0.467 e. The maximum absolute atomic E-state index is 14.0. The number of rotatable bonds is 24. The van der Waals surface area contributed by atoms with Crippen LogP contribution in [0.5, 0.6) is 0 Å². The third kappa shape index (κ3) is 16.2. The fourth-order valence-electron chi connectivity index (χ4n) is 10.1. The molecule has 15 atom stereocenters. The Morgan fingerprint density at radius 2 is 1.11 bits per heavy atom. The first-order valence-electron chi connectivity index (χ1n) is 26.7. The molecule has 3 aliphatic heterocycles. The Labute approximate surface area is 443 Å². The molecule has 408 valence electrons. The van der Waals surface area contributed by atoms with E-state index >= 15 is 0 Å². The number of carbonyl (C=O) groups excluding carboxylic acids is 3. The monoisotopic (exact) mass is 1040 g/mol. The number of hydrogen-bond acceptors (Lipinski definition) is 14. The first-order chi connectivity index (χ1) is 36.3. The molecule has 3 aliphatic rings. The minimum Gasteiger partial charge on any atom is -0.467 e. The highest BCUT2D eigenvalue weighted by Crippen LogP contribution is 2.41. The lowest BCUT2D eigenvalue weighted by Gasteiger charge is -2.50. The molecule has 4 aromatic rings. The minimum absolute atomic E-state index is 0.0217. The van der Waals surface area contributed by atoms with Crippen molar-refractivity contribution < 1.29 is 66.5 Å². The molecule has 1 amide bonds. The zero-order valence-corrected chi connectivity index (χ0v) is 44.9. The van der Waals surface area contributed by atoms with Crippen molar-refractivity contribution in [1.82, 2.24) is 4.90 Å². The Bertz CT molecular complexity index is 2310. The number of amides is 1. The molecule has 3 heterocycles. The molecule has 0 bridgehead atoms. The van der Waals surface area contributed by atoms with Crippen LogP contribution in [-0.2, 0) is 88.1 Å². The van der Waals surface area contributed by atoms with Gasteiger partial charge >= 0.3 is 18.0 Å². The second-order valence-electron chi connectivity index (χ2n) is 20.4. The van der Waals surface area contributed by atoms with E-state index in [2.05, 4.69) is 13.8 Å². The van der Waals surface area contributed by atoms with Crippen molar-refractivity contribution >= 4 is 18.0 Å². The van der Waals surface area contributed by atoms with Gasteiger partial charge in [-0.3, -0.25) is 4.79 Å². The third-order valence-electron chi connectivity index (χ3n) is 15.0. The van der Waals surface area contributed by atoms with Crippen molar-refractivity contribution in [2.24, 2.45) is 29.6 Å². The minimum atomic E-state index is -1.34. The second kappa shape index (κ2) is 28.8. The summed E-state index contributed by atoms with van der Waals surface area (Å²) in [6.45, 7) is 15.8. The Morgan fingerprint density at radius 3 is 1.72 bits per heavy atom. The number of benzene rings is 4. The summed E-state index contributed by atoms with van der Waals surface area (Å²) in [7, 11) is 1.29. The van der Waals surface area contributed by atoms with Gasteiger partial charge in [0.2, 0.25) is 0 Å². The third-order valence-corrected chi connectivity index (χ3v) is 15.0. The van der Waals surface area contributed by atoms with Gasteiger partial charge in [0.15, 0.2) is 31.1 Å². The van der Waals surface area contributed by atoms with Gasteiger partial charge in [0.25, 0.3) is 0 Å². The maximum atomic E-state index is 14.0. The summed E-state index contributed by atoms with van der Waals surface area (Å²) >= 11 is 0. The van der Waals surface area contributed by atoms with Gasteiger partial charge in [-0.1, -0.05) is 156 Å². The zero-order valence-electron chi connectivity index (χ0n) is 44.9. The summed E-state index contributed by atoms with van der Waals surface area (Å²) in [5.74, 6) is -2.17. The van der Waals surface area contributed by atoms with Gasteiger partial charge in [0.1, 0.15) is 18.8 Å². The summed E-state index contributed by atoms with van der Waals surface area (Å²) in [6, 6.07) is 39.4. The standard InChI is InChI=1S/C60H79NO14/c1-39-40(2)53(71-45(7)62)59(70-44(39)6)74-54-52(73-58-42(4)41(3)51(68-36-48-28-18-11-19-29-48)50(72-58)38-66-35-47-26-16-10-17-27-47)43(5)57(75-55(54)56(63)65-8)67-33-23-13-22-32-61(34-46-24-14-9-15-25-46)60(64)69-37-49-30-20-12-21-31-49/h9-12,14-21,24-31,39-44,50-55,57-59H,13,22-23,32-38H2,1-8H3/t39-,40?,41-,42?,43?,44+,50?,51-,52-,53?,54-,55?,57+,58+,59+/m1/s1. The average Bonchev–Trinajstić information content (AvgIpc) is 3.42. The van der Waals surface area contributed by atoms with E-state index in [4.69, 9.17) is 52.1 Å². The summed E-state index contributed by atoms with van der Waals surface area (Å²) in [5, 5.41) is 0. The number of nitrogens with zero attached hydrogens (tertiary/aromatic N) is 1. The van der Waals surface area contributed by atoms with E-state index in [1.165, 1.54) is 14.0 Å². The van der Waals surface area contributed by atoms with Crippen molar-refractivity contribution in [3.05, 3.63) is 144 Å². The summed E-state index contributed by atoms with van der Waals surface area (Å²) in [6.07, 6.45) is -6.56. The van der Waals surface area contributed by atoms with Crippen molar-refractivity contribution in [1.29, 1.82) is 0 Å². The lowest BCUT2D eigenvalue weighted by atomic mass is 9.83. The SMILES string of the molecule is COC(=O)C1O[C@H](OCCCCCN(Cc2ccccc2)C(=O)OCc2ccccc2)C(C)[C@@H](O[C@@H]2OC(COCc3ccccc3)[C@H](OCc3ccccc3)[C@H](C)C2C)[C@H]1O[C@@H]1O[C@@H](C)[C@H](C)C(C)C1OC(C)=O. The molecule has 3 saturated heterocycles. The van der Waals surface area contributed by atoms with E-state index < -0.39 is 67.2 Å². The molecule has 4 aromatic carbocycles. The molecule has 0 aliphatic carbocycles. The second-order valence-corrected chi connectivity index (χ2v) is 20.4. The predicted octanol–water partition coefficient (Wildman–Crippen LogP) is 10.1. The number of methoxy groups -OCH3 is 1. The molecule has 0 N–H and O–H groups in total. The normalized spacial score (nSPS) is 29.7. The van der Waals surface area contributed by atoms with E-state index in [0.717, 1.165) is 28.7 Å². The van der Waals surface area contributed by atoms with Gasteiger partial charge in [0.05, 0.1) is 45.2 Å². The number of unbranched alkanes of at least 4 members (excludes halogenated alkanes) is 2. The summed E-state index contributed by atoms with van der Waals surface area (Å²) in [5.41, 5.74) is 3.98. The van der Waals surface area contributed by atoms with Crippen LogP contribution in [0.25, 0.3) is 0 Å². The van der Waals surface area contributed by atoms with Crippen LogP contribution in [0.2, 0.25) is 0 Å². The van der Waals surface area contributed by atoms with Gasteiger partial charge in [0, 0.05) is 44.4 Å². The number of ether oxygens (including phenoxy) is 11. The van der Waals surface area contributed by atoms with Crippen LogP contribution >= 0.6 is 0 Å². The van der Waals surface area contributed by atoms with Gasteiger partial charge in [-0.2, -0.15) is 0 Å². The highest BCUT2D eigenvalue weighted by molar-refractivity contribution is 5.75. The fourth-order valence-corrected chi connectivity index (χ4v) is 10.1. The number of hydrogen-bond donors (Lipinski definition) is 0. The Balaban J connectivity index is 1.09. The number of esters is 2. The smallest absolute Gasteiger partial charge is 0.410 e. The zero-order chi connectivity index (χ0) is 53.3. The molecule has 7 rings (SSSR count). The van der Waals surface area contributed by atoms with Gasteiger partial charge in [-0.25, -0.2) is 9.59 Å². The summed E-state index contributed by atoms with van der Waals surface area (Å²) < 4.78 is 70.7. The van der Waals surface area contributed by atoms with Gasteiger partial charge in [-0.05, 0) is 60.3 Å². The molecule has 0 spiro atoms. The highest BCUT2D eigenvalue weighted by Gasteiger charge is 2.55. The van der Waals surface area contributed by atoms with Crippen molar-refractivity contribution in [3.63, 3.8) is 0 Å². The lowest BCUT2D eigenvalue weighted by molar-refractivity contribution is -0.366.